The van der Waals surface area contributed by atoms with Crippen LogP contribution in [0.25, 0.3) is 0 Å². The topological polar surface area (TPSA) is 29.1 Å². The number of nitrogens with one attached hydrogen (secondary N) is 1. The quantitative estimate of drug-likeness (QED) is 0.792. The average molecular weight is 219 g/mol. The summed E-state index contributed by atoms with van der Waals surface area (Å²) >= 11 is 0. The second kappa shape index (κ2) is 4.79. The predicted octanol–water partition coefficient (Wildman–Crippen LogP) is 2.95. The van der Waals surface area contributed by atoms with E-state index in [2.05, 4.69) is 26.1 Å². The smallest absolute Gasteiger partial charge is 0.179 e. The first-order valence-corrected chi connectivity index (χ1v) is 5.68. The minimum Gasteiger partial charge on any atom is -0.303 e. The zero-order chi connectivity index (χ0) is 12.3. The van der Waals surface area contributed by atoms with Crippen molar-refractivity contribution in [1.29, 1.82) is 0 Å². The Morgan fingerprint density at radius 1 is 1.31 bits per heavy atom. The number of hydrogen-bond acceptors (Lipinski definition) is 2. The maximum atomic E-state index is 12.1. The van der Waals surface area contributed by atoms with Crippen molar-refractivity contribution < 1.29 is 4.79 Å². The van der Waals surface area contributed by atoms with Crippen LogP contribution in [0.3, 0.4) is 0 Å². The largest absolute Gasteiger partial charge is 0.303 e. The molecule has 0 spiro atoms. The molecule has 0 saturated carbocycles. The second-order valence-corrected chi connectivity index (χ2v) is 5.35. The van der Waals surface area contributed by atoms with Gasteiger partial charge in [-0.2, -0.15) is 0 Å². The molecule has 1 N–H and O–H groups in total. The first-order chi connectivity index (χ1) is 7.29. The van der Waals surface area contributed by atoms with Gasteiger partial charge in [-0.1, -0.05) is 23.8 Å². The normalized spacial score (nSPS) is 13.6. The van der Waals surface area contributed by atoms with Crippen LogP contribution in [0.15, 0.2) is 24.3 Å². The lowest BCUT2D eigenvalue weighted by Gasteiger charge is -2.25. The summed E-state index contributed by atoms with van der Waals surface area (Å²) < 4.78 is 0. The molecule has 0 unspecified atom stereocenters. The van der Waals surface area contributed by atoms with Crippen LogP contribution >= 0.6 is 0 Å². The van der Waals surface area contributed by atoms with Gasteiger partial charge in [0.2, 0.25) is 0 Å². The van der Waals surface area contributed by atoms with Crippen LogP contribution in [0, 0.1) is 6.92 Å². The van der Waals surface area contributed by atoms with Crippen LogP contribution in [-0.2, 0) is 0 Å². The van der Waals surface area contributed by atoms with Crippen molar-refractivity contribution in [3.05, 3.63) is 35.4 Å². The predicted molar refractivity (Wildman–Crippen MR) is 67.9 cm³/mol. The number of carbonyl (C=O) groups is 1. The Hall–Kier alpha value is -1.15. The number of Topliss-reactive ketones (excluding diaryl/α,β-unsaturated/α-hetero) is 1. The summed E-state index contributed by atoms with van der Waals surface area (Å²) in [6.45, 7) is 10.1. The van der Waals surface area contributed by atoms with Crippen LogP contribution in [0.5, 0.6) is 0 Å². The molecule has 1 aromatic rings. The number of benzene rings is 1. The van der Waals surface area contributed by atoms with E-state index in [-0.39, 0.29) is 17.4 Å². The lowest BCUT2D eigenvalue weighted by molar-refractivity contribution is 0.0935. The summed E-state index contributed by atoms with van der Waals surface area (Å²) in [5.74, 6) is 0.152. The van der Waals surface area contributed by atoms with Crippen LogP contribution in [0.1, 0.15) is 43.6 Å². The van der Waals surface area contributed by atoms with Gasteiger partial charge in [0.05, 0.1) is 6.04 Å². The van der Waals surface area contributed by atoms with Gasteiger partial charge >= 0.3 is 0 Å². The molecule has 0 radical (unpaired) electrons. The van der Waals surface area contributed by atoms with Gasteiger partial charge in [-0.15, -0.1) is 0 Å². The fourth-order valence-electron chi connectivity index (χ4n) is 1.76. The van der Waals surface area contributed by atoms with Gasteiger partial charge in [0.15, 0.2) is 5.78 Å². The SMILES string of the molecule is Cc1cccc(C(=O)[C@H](C)NC(C)(C)C)c1. The molecule has 2 heteroatoms. The molecule has 16 heavy (non-hydrogen) atoms. The van der Waals surface area contributed by atoms with Crippen molar-refractivity contribution in [3.8, 4) is 0 Å². The molecule has 0 aliphatic heterocycles. The Morgan fingerprint density at radius 2 is 1.94 bits per heavy atom. The minimum atomic E-state index is -0.151. The standard InChI is InChI=1S/C14H21NO/c1-10-7-6-8-12(9-10)13(16)11(2)15-14(3,4)5/h6-9,11,15H,1-5H3/t11-/m0/s1. The third-order valence-electron chi connectivity index (χ3n) is 2.35. The molecule has 0 aliphatic rings. The van der Waals surface area contributed by atoms with E-state index in [9.17, 15) is 4.79 Å². The average Bonchev–Trinajstić information content (AvgIpc) is 2.14. The van der Waals surface area contributed by atoms with E-state index in [1.807, 2.05) is 38.1 Å². The Morgan fingerprint density at radius 3 is 2.44 bits per heavy atom. The van der Waals surface area contributed by atoms with Gasteiger partial charge in [-0.05, 0) is 40.7 Å². The van der Waals surface area contributed by atoms with Gasteiger partial charge in [-0.3, -0.25) is 4.79 Å². The number of rotatable bonds is 3. The third-order valence-corrected chi connectivity index (χ3v) is 2.35. The first kappa shape index (κ1) is 12.9. The van der Waals surface area contributed by atoms with Gasteiger partial charge in [0, 0.05) is 11.1 Å². The van der Waals surface area contributed by atoms with E-state index < -0.39 is 0 Å². The lowest BCUT2D eigenvalue weighted by atomic mass is 10.0. The highest BCUT2D eigenvalue weighted by atomic mass is 16.1. The highest BCUT2D eigenvalue weighted by Crippen LogP contribution is 2.09. The van der Waals surface area contributed by atoms with Crippen molar-refractivity contribution in [2.24, 2.45) is 0 Å². The molecule has 1 aromatic carbocycles. The molecule has 88 valence electrons. The summed E-state index contributed by atoms with van der Waals surface area (Å²) in [4.78, 5) is 12.1. The molecule has 0 aromatic heterocycles. The summed E-state index contributed by atoms with van der Waals surface area (Å²) in [5, 5.41) is 3.29. The molecule has 0 saturated heterocycles. The lowest BCUT2D eigenvalue weighted by Crippen LogP contribution is -2.46. The molecule has 0 fully saturated rings. The molecule has 0 amide bonds. The molecule has 1 atom stereocenters. The molecular formula is C14H21NO. The third kappa shape index (κ3) is 3.78. The summed E-state index contributed by atoms with van der Waals surface area (Å²) in [6.07, 6.45) is 0. The number of aryl methyl sites for hydroxylation is 1. The molecule has 0 aliphatic carbocycles. The van der Waals surface area contributed by atoms with Crippen LogP contribution < -0.4 is 5.32 Å². The van der Waals surface area contributed by atoms with Gasteiger partial charge in [0.1, 0.15) is 0 Å². The highest BCUT2D eigenvalue weighted by Gasteiger charge is 2.20. The summed E-state index contributed by atoms with van der Waals surface area (Å²) in [7, 11) is 0. The van der Waals surface area contributed by atoms with E-state index in [0.717, 1.165) is 11.1 Å². The maximum Gasteiger partial charge on any atom is 0.179 e. The van der Waals surface area contributed by atoms with Crippen molar-refractivity contribution in [3.63, 3.8) is 0 Å². The van der Waals surface area contributed by atoms with E-state index >= 15 is 0 Å². The molecule has 1 rings (SSSR count). The zero-order valence-electron chi connectivity index (χ0n) is 10.8. The zero-order valence-corrected chi connectivity index (χ0v) is 10.8. The number of hydrogen-bond donors (Lipinski definition) is 1. The van der Waals surface area contributed by atoms with E-state index in [1.165, 1.54) is 0 Å². The van der Waals surface area contributed by atoms with Crippen LogP contribution in [0.4, 0.5) is 0 Å². The number of carbonyl (C=O) groups excluding carboxylic acids is 1. The maximum absolute atomic E-state index is 12.1. The van der Waals surface area contributed by atoms with Gasteiger partial charge in [0.25, 0.3) is 0 Å². The van der Waals surface area contributed by atoms with Crippen molar-refractivity contribution in [2.75, 3.05) is 0 Å². The van der Waals surface area contributed by atoms with Crippen LogP contribution in [0.2, 0.25) is 0 Å². The Bertz CT molecular complexity index is 377. The van der Waals surface area contributed by atoms with E-state index in [4.69, 9.17) is 0 Å². The number of ketones is 1. The molecule has 2 nitrogen and oxygen atoms in total. The highest BCUT2D eigenvalue weighted by molar-refractivity contribution is 6.00. The Kier molecular flexibility index (Phi) is 3.87. The monoisotopic (exact) mass is 219 g/mol. The molecule has 0 heterocycles. The van der Waals surface area contributed by atoms with Crippen molar-refractivity contribution in [2.45, 2.75) is 46.2 Å². The van der Waals surface area contributed by atoms with E-state index in [0.29, 0.717) is 0 Å². The Labute approximate surface area is 98.1 Å². The van der Waals surface area contributed by atoms with Gasteiger partial charge in [-0.25, -0.2) is 0 Å². The summed E-state index contributed by atoms with van der Waals surface area (Å²) in [6, 6.07) is 7.58. The van der Waals surface area contributed by atoms with E-state index in [1.54, 1.807) is 0 Å². The van der Waals surface area contributed by atoms with Gasteiger partial charge < -0.3 is 5.32 Å². The van der Waals surface area contributed by atoms with Crippen molar-refractivity contribution >= 4 is 5.78 Å². The Balaban J connectivity index is 2.78. The fraction of sp³-hybridized carbons (Fsp3) is 0.500. The van der Waals surface area contributed by atoms with Crippen LogP contribution in [-0.4, -0.2) is 17.4 Å². The van der Waals surface area contributed by atoms with Crippen molar-refractivity contribution in [1.82, 2.24) is 5.32 Å². The first-order valence-electron chi connectivity index (χ1n) is 5.68. The minimum absolute atomic E-state index is 0.0428. The second-order valence-electron chi connectivity index (χ2n) is 5.35. The molecular weight excluding hydrogens is 198 g/mol. The molecule has 0 bridgehead atoms. The summed E-state index contributed by atoms with van der Waals surface area (Å²) in [5.41, 5.74) is 1.86. The fourth-order valence-corrected chi connectivity index (χ4v) is 1.76.